The molecule has 0 aromatic heterocycles. The third-order valence-corrected chi connectivity index (χ3v) is 2.82. The Morgan fingerprint density at radius 2 is 1.81 bits per heavy atom. The maximum atomic E-state index is 11.2. The van der Waals surface area contributed by atoms with E-state index in [1.165, 1.54) is 0 Å². The van der Waals surface area contributed by atoms with Gasteiger partial charge in [0.25, 0.3) is 0 Å². The number of primary amides is 2. The number of amides is 2. The van der Waals surface area contributed by atoms with Crippen molar-refractivity contribution in [1.82, 2.24) is 5.32 Å². The summed E-state index contributed by atoms with van der Waals surface area (Å²) in [5.41, 5.74) is 12.2. The zero-order valence-corrected chi connectivity index (χ0v) is 12.2. The van der Waals surface area contributed by atoms with Gasteiger partial charge in [0.1, 0.15) is 0 Å². The number of carbonyl (C=O) groups is 2. The summed E-state index contributed by atoms with van der Waals surface area (Å²) in [5.74, 6) is -1.03. The summed E-state index contributed by atoms with van der Waals surface area (Å²) in [6, 6.07) is 7.48. The SMILES string of the molecule is COCCNCc1ccccc1N(CC(N)=O)CC(N)=O. The number of hydrogen-bond acceptors (Lipinski definition) is 5. The summed E-state index contributed by atoms with van der Waals surface area (Å²) >= 11 is 0. The van der Waals surface area contributed by atoms with E-state index in [1.54, 1.807) is 12.0 Å². The summed E-state index contributed by atoms with van der Waals surface area (Å²) in [7, 11) is 1.64. The van der Waals surface area contributed by atoms with Gasteiger partial charge < -0.3 is 26.4 Å². The molecule has 0 saturated carbocycles. The molecule has 0 aliphatic rings. The Hall–Kier alpha value is -2.12. The standard InChI is InChI=1S/C14H22N4O3/c1-21-7-6-17-8-11-4-2-3-5-12(11)18(9-13(15)19)10-14(16)20/h2-5,17H,6-10H2,1H3,(H2,15,19)(H2,16,20). The number of hydrogen-bond donors (Lipinski definition) is 3. The number of para-hydroxylation sites is 1. The van der Waals surface area contributed by atoms with Crippen LogP contribution in [0.1, 0.15) is 5.56 Å². The van der Waals surface area contributed by atoms with E-state index in [-0.39, 0.29) is 13.1 Å². The van der Waals surface area contributed by atoms with Gasteiger partial charge in [-0.15, -0.1) is 0 Å². The first kappa shape index (κ1) is 16.9. The van der Waals surface area contributed by atoms with Crippen LogP contribution in [0.3, 0.4) is 0 Å². The van der Waals surface area contributed by atoms with Crippen LogP contribution in [0.2, 0.25) is 0 Å². The third kappa shape index (κ3) is 6.24. The van der Waals surface area contributed by atoms with Gasteiger partial charge in [0.05, 0.1) is 19.7 Å². The molecular formula is C14H22N4O3. The number of nitrogens with zero attached hydrogens (tertiary/aromatic N) is 1. The van der Waals surface area contributed by atoms with Crippen molar-refractivity contribution in [3.8, 4) is 0 Å². The Morgan fingerprint density at radius 1 is 1.19 bits per heavy atom. The molecule has 0 radical (unpaired) electrons. The predicted octanol–water partition coefficient (Wildman–Crippen LogP) is -0.800. The molecule has 0 aliphatic carbocycles. The quantitative estimate of drug-likeness (QED) is 0.489. The fourth-order valence-electron chi connectivity index (χ4n) is 1.97. The van der Waals surface area contributed by atoms with E-state index >= 15 is 0 Å². The topological polar surface area (TPSA) is 111 Å². The van der Waals surface area contributed by atoms with Crippen LogP contribution in [0.15, 0.2) is 24.3 Å². The molecule has 0 aliphatic heterocycles. The first-order valence-corrected chi connectivity index (χ1v) is 6.63. The Balaban J connectivity index is 2.85. The number of nitrogens with one attached hydrogen (secondary N) is 1. The van der Waals surface area contributed by atoms with Gasteiger partial charge in [-0.2, -0.15) is 0 Å². The highest BCUT2D eigenvalue weighted by Crippen LogP contribution is 2.19. The minimum absolute atomic E-state index is 0.0575. The van der Waals surface area contributed by atoms with Gasteiger partial charge >= 0.3 is 0 Å². The van der Waals surface area contributed by atoms with Crippen molar-refractivity contribution in [2.45, 2.75) is 6.54 Å². The average Bonchev–Trinajstić information content (AvgIpc) is 2.42. The van der Waals surface area contributed by atoms with Crippen LogP contribution in [0.4, 0.5) is 5.69 Å². The van der Waals surface area contributed by atoms with Crippen LogP contribution < -0.4 is 21.7 Å². The first-order chi connectivity index (χ1) is 10.0. The maximum absolute atomic E-state index is 11.2. The molecule has 7 nitrogen and oxygen atoms in total. The Kier molecular flexibility index (Phi) is 7.20. The Morgan fingerprint density at radius 3 is 2.38 bits per heavy atom. The van der Waals surface area contributed by atoms with Crippen molar-refractivity contribution in [1.29, 1.82) is 0 Å². The van der Waals surface area contributed by atoms with Gasteiger partial charge in [-0.3, -0.25) is 9.59 Å². The molecule has 0 unspecified atom stereocenters. The van der Waals surface area contributed by atoms with Crippen LogP contribution in [0, 0.1) is 0 Å². The number of nitrogens with two attached hydrogens (primary N) is 2. The zero-order valence-electron chi connectivity index (χ0n) is 12.2. The second-order valence-electron chi connectivity index (χ2n) is 4.59. The normalized spacial score (nSPS) is 10.3. The highest BCUT2D eigenvalue weighted by atomic mass is 16.5. The lowest BCUT2D eigenvalue weighted by atomic mass is 10.1. The van der Waals surface area contributed by atoms with Crippen LogP contribution in [-0.4, -0.2) is 45.2 Å². The maximum Gasteiger partial charge on any atom is 0.236 e. The van der Waals surface area contributed by atoms with Gasteiger partial charge in [0.2, 0.25) is 11.8 Å². The largest absolute Gasteiger partial charge is 0.383 e. The molecule has 1 aromatic rings. The number of benzene rings is 1. The van der Waals surface area contributed by atoms with Gasteiger partial charge in [-0.25, -0.2) is 0 Å². The number of carbonyl (C=O) groups excluding carboxylic acids is 2. The molecule has 7 heteroatoms. The van der Waals surface area contributed by atoms with E-state index in [0.717, 1.165) is 11.3 Å². The molecule has 2 amide bonds. The van der Waals surface area contributed by atoms with Crippen LogP contribution in [0.5, 0.6) is 0 Å². The van der Waals surface area contributed by atoms with Crippen LogP contribution in [0.25, 0.3) is 0 Å². The lowest BCUT2D eigenvalue weighted by Crippen LogP contribution is -2.40. The van der Waals surface area contributed by atoms with Crippen molar-refractivity contribution in [2.75, 3.05) is 38.3 Å². The van der Waals surface area contributed by atoms with E-state index in [4.69, 9.17) is 16.2 Å². The van der Waals surface area contributed by atoms with E-state index < -0.39 is 11.8 Å². The van der Waals surface area contributed by atoms with Crippen molar-refractivity contribution >= 4 is 17.5 Å². The van der Waals surface area contributed by atoms with Crippen molar-refractivity contribution in [2.24, 2.45) is 11.5 Å². The number of anilines is 1. The lowest BCUT2D eigenvalue weighted by Gasteiger charge is -2.24. The minimum Gasteiger partial charge on any atom is -0.383 e. The van der Waals surface area contributed by atoms with Crippen molar-refractivity contribution in [3.63, 3.8) is 0 Å². The molecule has 0 saturated heterocycles. The van der Waals surface area contributed by atoms with E-state index in [9.17, 15) is 9.59 Å². The van der Waals surface area contributed by atoms with Gasteiger partial charge in [0, 0.05) is 25.9 Å². The van der Waals surface area contributed by atoms with Gasteiger partial charge in [-0.1, -0.05) is 18.2 Å². The molecular weight excluding hydrogens is 272 g/mol. The molecule has 1 aromatic carbocycles. The molecule has 0 bridgehead atoms. The molecule has 116 valence electrons. The fraction of sp³-hybridized carbons (Fsp3) is 0.429. The monoisotopic (exact) mass is 294 g/mol. The summed E-state index contributed by atoms with van der Waals surface area (Å²) in [5, 5.41) is 3.22. The van der Waals surface area contributed by atoms with Crippen molar-refractivity contribution < 1.29 is 14.3 Å². The summed E-state index contributed by atoms with van der Waals surface area (Å²) < 4.78 is 4.97. The zero-order chi connectivity index (χ0) is 15.7. The molecule has 0 spiro atoms. The molecule has 1 rings (SSSR count). The summed E-state index contributed by atoms with van der Waals surface area (Å²) in [4.78, 5) is 23.9. The highest BCUT2D eigenvalue weighted by molar-refractivity contribution is 5.85. The number of ether oxygens (including phenoxy) is 1. The molecule has 5 N–H and O–H groups in total. The fourth-order valence-corrected chi connectivity index (χ4v) is 1.97. The average molecular weight is 294 g/mol. The molecule has 0 heterocycles. The summed E-state index contributed by atoms with van der Waals surface area (Å²) in [6.07, 6.45) is 0. The minimum atomic E-state index is -0.515. The predicted molar refractivity (Wildman–Crippen MR) is 80.6 cm³/mol. The molecule has 21 heavy (non-hydrogen) atoms. The lowest BCUT2D eigenvalue weighted by molar-refractivity contribution is -0.117. The van der Waals surface area contributed by atoms with Crippen LogP contribution in [-0.2, 0) is 20.9 Å². The second kappa shape index (κ2) is 8.93. The Bertz CT molecular complexity index is 463. The molecule has 0 atom stereocenters. The van der Waals surface area contributed by atoms with Crippen molar-refractivity contribution in [3.05, 3.63) is 29.8 Å². The number of rotatable bonds is 10. The van der Waals surface area contributed by atoms with Gasteiger partial charge in [-0.05, 0) is 11.6 Å². The van der Waals surface area contributed by atoms with E-state index in [1.807, 2.05) is 24.3 Å². The smallest absolute Gasteiger partial charge is 0.236 e. The van der Waals surface area contributed by atoms with Crippen LogP contribution >= 0.6 is 0 Å². The first-order valence-electron chi connectivity index (χ1n) is 6.63. The summed E-state index contributed by atoms with van der Waals surface area (Å²) in [6.45, 7) is 1.79. The van der Waals surface area contributed by atoms with Gasteiger partial charge in [0.15, 0.2) is 0 Å². The second-order valence-corrected chi connectivity index (χ2v) is 4.59. The third-order valence-electron chi connectivity index (χ3n) is 2.82. The van der Waals surface area contributed by atoms with E-state index in [0.29, 0.717) is 19.7 Å². The Labute approximate surface area is 124 Å². The number of methoxy groups -OCH3 is 1. The van der Waals surface area contributed by atoms with E-state index in [2.05, 4.69) is 5.32 Å². The molecule has 0 fully saturated rings. The highest BCUT2D eigenvalue weighted by Gasteiger charge is 2.15.